The van der Waals surface area contributed by atoms with Crippen LogP contribution < -0.4 is 9.47 Å². The van der Waals surface area contributed by atoms with Gasteiger partial charge in [-0.1, -0.05) is 30.3 Å². The van der Waals surface area contributed by atoms with E-state index in [4.69, 9.17) is 9.47 Å². The summed E-state index contributed by atoms with van der Waals surface area (Å²) in [5.41, 5.74) is 1.97. The van der Waals surface area contributed by atoms with Crippen molar-refractivity contribution in [2.75, 3.05) is 27.3 Å². The highest BCUT2D eigenvalue weighted by Crippen LogP contribution is 2.42. The highest BCUT2D eigenvalue weighted by molar-refractivity contribution is 5.73. The molecule has 1 aliphatic rings. The van der Waals surface area contributed by atoms with Crippen molar-refractivity contribution in [2.45, 2.75) is 19.4 Å². The average molecular weight is 373 g/mol. The number of likely N-dealkylation sites (tertiary alicyclic amines) is 1. The smallest absolute Gasteiger partial charge is 0.308 e. The van der Waals surface area contributed by atoms with Gasteiger partial charge in [0.15, 0.2) is 11.5 Å². The number of carboxylic acids is 1. The lowest BCUT2D eigenvalue weighted by Crippen LogP contribution is -2.23. The Morgan fingerprint density at radius 3 is 2.59 bits per heavy atom. The van der Waals surface area contributed by atoms with Crippen LogP contribution in [0.1, 0.15) is 22.6 Å². The highest BCUT2D eigenvalue weighted by atomic mass is 19.1. The van der Waals surface area contributed by atoms with Crippen LogP contribution in [0, 0.1) is 18.7 Å². The lowest BCUT2D eigenvalue weighted by Gasteiger charge is -2.20. The summed E-state index contributed by atoms with van der Waals surface area (Å²) in [7, 11) is 3.10. The molecule has 0 amide bonds. The molecule has 0 spiro atoms. The van der Waals surface area contributed by atoms with Crippen molar-refractivity contribution >= 4 is 5.97 Å². The molecule has 1 N–H and O–H groups in total. The first-order chi connectivity index (χ1) is 13.0. The molecule has 2 aromatic rings. The van der Waals surface area contributed by atoms with E-state index in [0.717, 1.165) is 5.56 Å². The van der Waals surface area contributed by atoms with Gasteiger partial charge in [0.25, 0.3) is 0 Å². The standard InChI is InChI=1S/C21H24FNO4/c1-13-6-4-7-14(19(13)22)10-23-11-16(17(12-23)21(24)25)15-8-5-9-18(26-2)20(15)27-3/h4-9,16-17H,10-12H2,1-3H3,(H,24,25)/t16-,17+/m1/s1. The molecule has 0 unspecified atom stereocenters. The monoisotopic (exact) mass is 373 g/mol. The number of hydrogen-bond donors (Lipinski definition) is 1. The van der Waals surface area contributed by atoms with Crippen molar-refractivity contribution in [3.05, 3.63) is 58.9 Å². The number of aliphatic carboxylic acids is 1. The zero-order valence-electron chi connectivity index (χ0n) is 15.7. The molecule has 1 fully saturated rings. The molecule has 0 aliphatic carbocycles. The van der Waals surface area contributed by atoms with E-state index in [1.165, 1.54) is 0 Å². The molecular weight excluding hydrogens is 349 g/mol. The largest absolute Gasteiger partial charge is 0.493 e. The number of ether oxygens (including phenoxy) is 2. The van der Waals surface area contributed by atoms with Crippen LogP contribution in [0.4, 0.5) is 4.39 Å². The summed E-state index contributed by atoms with van der Waals surface area (Å²) in [5, 5.41) is 9.74. The normalized spacial score (nSPS) is 19.9. The fraction of sp³-hybridized carbons (Fsp3) is 0.381. The Morgan fingerprint density at radius 2 is 1.93 bits per heavy atom. The first kappa shape index (κ1) is 19.2. The number of nitrogens with zero attached hydrogens (tertiary/aromatic N) is 1. The molecule has 144 valence electrons. The molecule has 2 aromatic carbocycles. The second-order valence-electron chi connectivity index (χ2n) is 6.88. The van der Waals surface area contributed by atoms with E-state index in [1.807, 2.05) is 23.1 Å². The molecule has 6 heteroatoms. The molecular formula is C21H24FNO4. The Morgan fingerprint density at radius 1 is 1.19 bits per heavy atom. The van der Waals surface area contributed by atoms with Gasteiger partial charge in [-0.15, -0.1) is 0 Å². The average Bonchev–Trinajstić information content (AvgIpc) is 3.08. The summed E-state index contributed by atoms with van der Waals surface area (Å²) in [6.07, 6.45) is 0. The number of rotatable bonds is 6. The van der Waals surface area contributed by atoms with Crippen LogP contribution in [0.3, 0.4) is 0 Å². The van der Waals surface area contributed by atoms with Crippen molar-refractivity contribution in [1.29, 1.82) is 0 Å². The van der Waals surface area contributed by atoms with Crippen molar-refractivity contribution in [3.63, 3.8) is 0 Å². The SMILES string of the molecule is COc1cccc([C@H]2CN(Cc3cccc(C)c3F)C[C@@H]2C(=O)O)c1OC. The van der Waals surface area contributed by atoms with Crippen molar-refractivity contribution in [2.24, 2.45) is 5.92 Å². The maximum absolute atomic E-state index is 14.4. The van der Waals surface area contributed by atoms with Gasteiger partial charge in [0.2, 0.25) is 0 Å². The van der Waals surface area contributed by atoms with Crippen LogP contribution in [-0.2, 0) is 11.3 Å². The number of benzene rings is 2. The van der Waals surface area contributed by atoms with E-state index < -0.39 is 11.9 Å². The van der Waals surface area contributed by atoms with Gasteiger partial charge in [0, 0.05) is 36.7 Å². The van der Waals surface area contributed by atoms with E-state index in [1.54, 1.807) is 39.3 Å². The van der Waals surface area contributed by atoms with E-state index in [9.17, 15) is 14.3 Å². The summed E-state index contributed by atoms with van der Waals surface area (Å²) in [4.78, 5) is 13.9. The first-order valence-corrected chi connectivity index (χ1v) is 8.86. The second kappa shape index (κ2) is 7.96. The van der Waals surface area contributed by atoms with Gasteiger partial charge >= 0.3 is 5.97 Å². The number of methoxy groups -OCH3 is 2. The predicted molar refractivity (Wildman–Crippen MR) is 99.8 cm³/mol. The van der Waals surface area contributed by atoms with Gasteiger partial charge < -0.3 is 14.6 Å². The fourth-order valence-electron chi connectivity index (χ4n) is 3.85. The molecule has 1 heterocycles. The Bertz CT molecular complexity index is 839. The topological polar surface area (TPSA) is 59.0 Å². The molecule has 2 atom stereocenters. The zero-order chi connectivity index (χ0) is 19.6. The maximum atomic E-state index is 14.4. The third-order valence-electron chi connectivity index (χ3n) is 5.21. The van der Waals surface area contributed by atoms with Gasteiger partial charge in [0.05, 0.1) is 20.1 Å². The van der Waals surface area contributed by atoms with Crippen molar-refractivity contribution < 1.29 is 23.8 Å². The summed E-state index contributed by atoms with van der Waals surface area (Å²) in [6, 6.07) is 10.8. The van der Waals surface area contributed by atoms with Crippen LogP contribution in [0.15, 0.2) is 36.4 Å². The number of hydrogen-bond acceptors (Lipinski definition) is 4. The third-order valence-corrected chi connectivity index (χ3v) is 5.21. The molecule has 0 radical (unpaired) electrons. The number of aryl methyl sites for hydroxylation is 1. The van der Waals surface area contributed by atoms with Gasteiger partial charge in [-0.05, 0) is 18.6 Å². The highest BCUT2D eigenvalue weighted by Gasteiger charge is 2.40. The van der Waals surface area contributed by atoms with E-state index in [-0.39, 0.29) is 11.7 Å². The Hall–Kier alpha value is -2.60. The van der Waals surface area contributed by atoms with Crippen LogP contribution >= 0.6 is 0 Å². The molecule has 1 aliphatic heterocycles. The predicted octanol–water partition coefficient (Wildman–Crippen LogP) is 3.45. The van der Waals surface area contributed by atoms with Crippen LogP contribution in [0.5, 0.6) is 11.5 Å². The fourth-order valence-corrected chi connectivity index (χ4v) is 3.85. The molecule has 5 nitrogen and oxygen atoms in total. The van der Waals surface area contributed by atoms with Gasteiger partial charge in [-0.2, -0.15) is 0 Å². The molecule has 1 saturated heterocycles. The minimum absolute atomic E-state index is 0.230. The third kappa shape index (κ3) is 3.76. The lowest BCUT2D eigenvalue weighted by molar-refractivity contribution is -0.141. The summed E-state index contributed by atoms with van der Waals surface area (Å²) >= 11 is 0. The summed E-state index contributed by atoms with van der Waals surface area (Å²) in [6.45, 7) is 2.97. The van der Waals surface area contributed by atoms with Gasteiger partial charge in [0.1, 0.15) is 5.82 Å². The number of carboxylic acid groups (broad SMARTS) is 1. The Labute approximate surface area is 158 Å². The second-order valence-corrected chi connectivity index (χ2v) is 6.88. The number of carbonyl (C=O) groups is 1. The van der Waals surface area contributed by atoms with Gasteiger partial charge in [-0.25, -0.2) is 4.39 Å². The van der Waals surface area contributed by atoms with E-state index >= 15 is 0 Å². The molecule has 0 saturated carbocycles. The maximum Gasteiger partial charge on any atom is 0.308 e. The molecule has 0 aromatic heterocycles. The molecule has 27 heavy (non-hydrogen) atoms. The van der Waals surface area contributed by atoms with Crippen molar-refractivity contribution in [1.82, 2.24) is 4.90 Å². The van der Waals surface area contributed by atoms with Gasteiger partial charge in [-0.3, -0.25) is 9.69 Å². The summed E-state index contributed by atoms with van der Waals surface area (Å²) < 4.78 is 25.2. The zero-order valence-corrected chi connectivity index (χ0v) is 15.7. The van der Waals surface area contributed by atoms with Crippen LogP contribution in [0.2, 0.25) is 0 Å². The Kier molecular flexibility index (Phi) is 5.65. The van der Waals surface area contributed by atoms with E-state index in [0.29, 0.717) is 42.3 Å². The summed E-state index contributed by atoms with van der Waals surface area (Å²) in [5.74, 6) is -0.828. The quantitative estimate of drug-likeness (QED) is 0.840. The van der Waals surface area contributed by atoms with Crippen molar-refractivity contribution in [3.8, 4) is 11.5 Å². The minimum atomic E-state index is -0.864. The molecule has 3 rings (SSSR count). The van der Waals surface area contributed by atoms with E-state index in [2.05, 4.69) is 0 Å². The van der Waals surface area contributed by atoms with Crippen LogP contribution in [-0.4, -0.2) is 43.3 Å². The van der Waals surface area contributed by atoms with Crippen LogP contribution in [0.25, 0.3) is 0 Å². The number of halogens is 1. The first-order valence-electron chi connectivity index (χ1n) is 8.86. The lowest BCUT2D eigenvalue weighted by atomic mass is 9.88. The number of para-hydroxylation sites is 1. The minimum Gasteiger partial charge on any atom is -0.493 e. The Balaban J connectivity index is 1.90. The molecule has 0 bridgehead atoms.